The topological polar surface area (TPSA) is 84.0 Å². The Hall–Kier alpha value is -2.41. The number of anilines is 1. The van der Waals surface area contributed by atoms with E-state index in [0.717, 1.165) is 35.6 Å². The van der Waals surface area contributed by atoms with Crippen molar-refractivity contribution in [1.29, 1.82) is 0 Å². The van der Waals surface area contributed by atoms with Gasteiger partial charge in [-0.1, -0.05) is 30.3 Å². The normalized spacial score (nSPS) is 14.4. The first-order valence-corrected chi connectivity index (χ1v) is 10.2. The zero-order valence-corrected chi connectivity index (χ0v) is 16.2. The molecule has 1 fully saturated rings. The van der Waals surface area contributed by atoms with E-state index in [4.69, 9.17) is 0 Å². The Morgan fingerprint density at radius 2 is 1.93 bits per heavy atom. The van der Waals surface area contributed by atoms with Crippen LogP contribution in [0.25, 0.3) is 0 Å². The van der Waals surface area contributed by atoms with Crippen molar-refractivity contribution in [1.82, 2.24) is 15.5 Å². The largest absolute Gasteiger partial charge is 0.350 e. The molecule has 1 heterocycles. The maximum atomic E-state index is 12.1. The van der Waals surface area contributed by atoms with Crippen molar-refractivity contribution >= 4 is 29.4 Å². The average Bonchev–Trinajstić information content (AvgIpc) is 3.52. The van der Waals surface area contributed by atoms with Crippen LogP contribution in [0.15, 0.2) is 47.5 Å². The lowest BCUT2D eigenvalue weighted by atomic mass is 10.1. The van der Waals surface area contributed by atoms with Crippen molar-refractivity contribution in [2.75, 3.05) is 11.1 Å². The van der Waals surface area contributed by atoms with E-state index in [9.17, 15) is 9.59 Å². The molecule has 6 nitrogen and oxygen atoms in total. The van der Waals surface area contributed by atoms with E-state index in [0.29, 0.717) is 12.2 Å². The van der Waals surface area contributed by atoms with Crippen molar-refractivity contribution in [3.05, 3.63) is 48.0 Å². The number of carbonyl (C=O) groups is 2. The highest BCUT2D eigenvalue weighted by Crippen LogP contribution is 2.30. The Balaban J connectivity index is 1.33. The fourth-order valence-corrected chi connectivity index (χ4v) is 3.35. The van der Waals surface area contributed by atoms with Crippen molar-refractivity contribution in [3.63, 3.8) is 0 Å². The molecule has 1 unspecified atom stereocenters. The Labute approximate surface area is 163 Å². The van der Waals surface area contributed by atoms with E-state index in [-0.39, 0.29) is 23.8 Å². The number of carbonyl (C=O) groups excluding carboxylic acids is 2. The number of amides is 2. The molecule has 1 aliphatic carbocycles. The monoisotopic (exact) mass is 384 g/mol. The van der Waals surface area contributed by atoms with E-state index >= 15 is 0 Å². The minimum absolute atomic E-state index is 0.00983. The molecule has 3 rings (SSSR count). The molecule has 7 heteroatoms. The summed E-state index contributed by atoms with van der Waals surface area (Å²) >= 11 is 1.56. The Bertz CT molecular complexity index is 763. The van der Waals surface area contributed by atoms with E-state index < -0.39 is 0 Å². The second kappa shape index (κ2) is 9.50. The number of thioether (sulfide) groups is 1. The third kappa shape index (κ3) is 6.36. The van der Waals surface area contributed by atoms with Crippen molar-refractivity contribution in [2.24, 2.45) is 5.92 Å². The lowest BCUT2D eigenvalue weighted by Gasteiger charge is -2.14. The van der Waals surface area contributed by atoms with Crippen LogP contribution in [0, 0.1) is 5.92 Å². The van der Waals surface area contributed by atoms with Crippen LogP contribution < -0.4 is 10.6 Å². The molecule has 0 saturated heterocycles. The molecule has 27 heavy (non-hydrogen) atoms. The zero-order valence-electron chi connectivity index (χ0n) is 15.4. The predicted molar refractivity (Wildman–Crippen MR) is 106 cm³/mol. The molecule has 0 radical (unpaired) electrons. The number of nitrogens with one attached hydrogen (secondary N) is 2. The highest BCUT2D eigenvalue weighted by atomic mass is 32.2. The minimum Gasteiger partial charge on any atom is -0.350 e. The smallest absolute Gasteiger partial charge is 0.228 e. The van der Waals surface area contributed by atoms with Crippen LogP contribution in [-0.4, -0.2) is 27.8 Å². The van der Waals surface area contributed by atoms with Crippen LogP contribution in [0.3, 0.4) is 0 Å². The SMILES string of the molecule is CC(NC(=O)CCCSc1ccc(NC(=O)C2CC2)nn1)c1ccccc1. The minimum atomic E-state index is 0.00983. The van der Waals surface area contributed by atoms with Crippen LogP contribution in [0.2, 0.25) is 0 Å². The van der Waals surface area contributed by atoms with Gasteiger partial charge in [0.05, 0.1) is 6.04 Å². The highest BCUT2D eigenvalue weighted by Gasteiger charge is 2.29. The molecule has 1 atom stereocenters. The summed E-state index contributed by atoms with van der Waals surface area (Å²) in [5.41, 5.74) is 1.10. The van der Waals surface area contributed by atoms with Crippen LogP contribution in [0.5, 0.6) is 0 Å². The van der Waals surface area contributed by atoms with Gasteiger partial charge in [0, 0.05) is 18.1 Å². The first kappa shape index (κ1) is 19.4. The summed E-state index contributed by atoms with van der Waals surface area (Å²) in [5, 5.41) is 14.7. The molecule has 2 N–H and O–H groups in total. The third-order valence-corrected chi connectivity index (χ3v) is 5.32. The number of nitrogens with zero attached hydrogens (tertiary/aromatic N) is 2. The summed E-state index contributed by atoms with van der Waals surface area (Å²) in [6, 6.07) is 13.5. The molecular weight excluding hydrogens is 360 g/mol. The standard InChI is InChI=1S/C20H24N4O2S/c1-14(15-6-3-2-4-7-15)21-18(25)8-5-13-27-19-12-11-17(23-24-19)22-20(26)16-9-10-16/h2-4,6-7,11-12,14,16H,5,8-10,13H2,1H3,(H,21,25)(H,22,23,26). The van der Waals surface area contributed by atoms with E-state index in [2.05, 4.69) is 20.8 Å². The number of benzene rings is 1. The maximum absolute atomic E-state index is 12.1. The summed E-state index contributed by atoms with van der Waals surface area (Å²) in [6.07, 6.45) is 3.17. The fourth-order valence-electron chi connectivity index (χ4n) is 2.59. The summed E-state index contributed by atoms with van der Waals surface area (Å²) in [4.78, 5) is 23.7. The summed E-state index contributed by atoms with van der Waals surface area (Å²) in [5.74, 6) is 1.51. The van der Waals surface area contributed by atoms with Crippen LogP contribution >= 0.6 is 11.8 Å². The van der Waals surface area contributed by atoms with Gasteiger partial charge in [0.2, 0.25) is 11.8 Å². The van der Waals surface area contributed by atoms with Crippen LogP contribution in [0.1, 0.15) is 44.2 Å². The lowest BCUT2D eigenvalue weighted by molar-refractivity contribution is -0.121. The molecule has 0 spiro atoms. The summed E-state index contributed by atoms with van der Waals surface area (Å²) in [7, 11) is 0. The number of hydrogen-bond donors (Lipinski definition) is 2. The molecule has 2 amide bonds. The molecule has 0 aliphatic heterocycles. The third-order valence-electron chi connectivity index (χ3n) is 4.31. The maximum Gasteiger partial charge on any atom is 0.228 e. The second-order valence-corrected chi connectivity index (χ2v) is 7.79. The van der Waals surface area contributed by atoms with Gasteiger partial charge in [-0.2, -0.15) is 0 Å². The van der Waals surface area contributed by atoms with Gasteiger partial charge >= 0.3 is 0 Å². The first-order valence-electron chi connectivity index (χ1n) is 9.23. The lowest BCUT2D eigenvalue weighted by Crippen LogP contribution is -2.26. The first-order chi connectivity index (χ1) is 13.1. The quantitative estimate of drug-likeness (QED) is 0.510. The van der Waals surface area contributed by atoms with Gasteiger partial charge in [-0.25, -0.2) is 0 Å². The van der Waals surface area contributed by atoms with Crippen molar-refractivity contribution in [3.8, 4) is 0 Å². The van der Waals surface area contributed by atoms with Crippen molar-refractivity contribution in [2.45, 2.75) is 43.7 Å². The summed E-state index contributed by atoms with van der Waals surface area (Å²) in [6.45, 7) is 1.99. The predicted octanol–water partition coefficient (Wildman–Crippen LogP) is 3.57. The van der Waals surface area contributed by atoms with Gasteiger partial charge in [-0.05, 0) is 43.9 Å². The Morgan fingerprint density at radius 3 is 2.59 bits per heavy atom. The Morgan fingerprint density at radius 1 is 1.15 bits per heavy atom. The summed E-state index contributed by atoms with van der Waals surface area (Å²) < 4.78 is 0. The molecule has 1 aromatic carbocycles. The molecule has 1 saturated carbocycles. The number of rotatable bonds is 9. The number of hydrogen-bond acceptors (Lipinski definition) is 5. The molecular formula is C20H24N4O2S. The average molecular weight is 385 g/mol. The Kier molecular flexibility index (Phi) is 6.81. The van der Waals surface area contributed by atoms with Crippen LogP contribution in [-0.2, 0) is 9.59 Å². The molecule has 1 aliphatic rings. The molecule has 0 bridgehead atoms. The van der Waals surface area contributed by atoms with Gasteiger partial charge in [0.25, 0.3) is 0 Å². The zero-order chi connectivity index (χ0) is 19.1. The van der Waals surface area contributed by atoms with E-state index in [1.807, 2.05) is 43.3 Å². The second-order valence-electron chi connectivity index (χ2n) is 6.67. The van der Waals surface area contributed by atoms with Gasteiger partial charge in [-0.15, -0.1) is 22.0 Å². The van der Waals surface area contributed by atoms with Gasteiger partial charge in [0.1, 0.15) is 5.03 Å². The highest BCUT2D eigenvalue weighted by molar-refractivity contribution is 7.99. The van der Waals surface area contributed by atoms with E-state index in [1.165, 1.54) is 0 Å². The molecule has 2 aromatic rings. The number of aromatic nitrogens is 2. The van der Waals surface area contributed by atoms with Crippen LogP contribution in [0.4, 0.5) is 5.82 Å². The van der Waals surface area contributed by atoms with E-state index in [1.54, 1.807) is 17.8 Å². The molecule has 1 aromatic heterocycles. The van der Waals surface area contributed by atoms with Gasteiger partial charge in [-0.3, -0.25) is 9.59 Å². The van der Waals surface area contributed by atoms with Gasteiger partial charge < -0.3 is 10.6 Å². The van der Waals surface area contributed by atoms with Gasteiger partial charge in [0.15, 0.2) is 5.82 Å². The fraction of sp³-hybridized carbons (Fsp3) is 0.400. The molecule has 142 valence electrons. The van der Waals surface area contributed by atoms with Crippen molar-refractivity contribution < 1.29 is 9.59 Å².